The number of anilines is 1. The Kier molecular flexibility index (Phi) is 4.39. The number of nitrogens with zero attached hydrogens (tertiary/aromatic N) is 1. The Balaban J connectivity index is 2.95. The van der Waals surface area contributed by atoms with Gasteiger partial charge in [-0.05, 0) is 30.2 Å². The number of hydrogen-bond acceptors (Lipinski definition) is 1. The maximum atomic E-state index is 12.9. The van der Waals surface area contributed by atoms with Crippen LogP contribution in [0.15, 0.2) is 18.2 Å². The van der Waals surface area contributed by atoms with Gasteiger partial charge in [0.25, 0.3) is 0 Å². The second-order valence-corrected chi connectivity index (χ2v) is 3.89. The highest BCUT2D eigenvalue weighted by atomic mass is 79.9. The Labute approximate surface area is 93.0 Å². The maximum absolute atomic E-state index is 12.9. The number of halogens is 2. The molecule has 0 heterocycles. The monoisotopic (exact) mass is 259 g/mol. The minimum absolute atomic E-state index is 0.173. The van der Waals surface area contributed by atoms with Gasteiger partial charge in [-0.25, -0.2) is 4.39 Å². The SMILES string of the molecule is CCCN(C)c1ccc(F)cc1CBr. The molecule has 3 heteroatoms. The summed E-state index contributed by atoms with van der Waals surface area (Å²) in [7, 11) is 2.03. The summed E-state index contributed by atoms with van der Waals surface area (Å²) in [5, 5.41) is 0.689. The first-order valence-corrected chi connectivity index (χ1v) is 5.86. The second-order valence-electron chi connectivity index (χ2n) is 3.33. The predicted molar refractivity (Wildman–Crippen MR) is 62.6 cm³/mol. The van der Waals surface area contributed by atoms with Crippen LogP contribution in [0.2, 0.25) is 0 Å². The van der Waals surface area contributed by atoms with Crippen molar-refractivity contribution in [1.82, 2.24) is 0 Å². The van der Waals surface area contributed by atoms with Gasteiger partial charge in [0.1, 0.15) is 5.82 Å². The lowest BCUT2D eigenvalue weighted by Gasteiger charge is -2.21. The quantitative estimate of drug-likeness (QED) is 0.748. The molecule has 0 spiro atoms. The Hall–Kier alpha value is -0.570. The average molecular weight is 260 g/mol. The van der Waals surface area contributed by atoms with E-state index in [9.17, 15) is 4.39 Å². The number of benzene rings is 1. The van der Waals surface area contributed by atoms with Crippen molar-refractivity contribution in [2.45, 2.75) is 18.7 Å². The first-order chi connectivity index (χ1) is 6.69. The largest absolute Gasteiger partial charge is 0.374 e. The Morgan fingerprint density at radius 3 is 2.71 bits per heavy atom. The molecule has 1 nitrogen and oxygen atoms in total. The molecule has 0 aliphatic heterocycles. The summed E-state index contributed by atoms with van der Waals surface area (Å²) < 4.78 is 12.9. The summed E-state index contributed by atoms with van der Waals surface area (Å²) >= 11 is 3.37. The van der Waals surface area contributed by atoms with E-state index in [4.69, 9.17) is 0 Å². The zero-order valence-corrected chi connectivity index (χ0v) is 10.1. The van der Waals surface area contributed by atoms with E-state index >= 15 is 0 Å². The molecule has 0 saturated heterocycles. The number of rotatable bonds is 4. The van der Waals surface area contributed by atoms with Crippen molar-refractivity contribution in [3.05, 3.63) is 29.6 Å². The van der Waals surface area contributed by atoms with E-state index in [1.165, 1.54) is 6.07 Å². The van der Waals surface area contributed by atoms with E-state index in [2.05, 4.69) is 27.8 Å². The molecule has 14 heavy (non-hydrogen) atoms. The molecule has 0 radical (unpaired) electrons. The summed E-state index contributed by atoms with van der Waals surface area (Å²) in [6, 6.07) is 4.92. The normalized spacial score (nSPS) is 10.3. The summed E-state index contributed by atoms with van der Waals surface area (Å²) in [6.07, 6.45) is 1.09. The van der Waals surface area contributed by atoms with Crippen LogP contribution in [0.25, 0.3) is 0 Å². The van der Waals surface area contributed by atoms with E-state index in [1.54, 1.807) is 6.07 Å². The fraction of sp³-hybridized carbons (Fsp3) is 0.455. The Bertz CT molecular complexity index is 301. The van der Waals surface area contributed by atoms with Gasteiger partial charge in [0.2, 0.25) is 0 Å². The van der Waals surface area contributed by atoms with E-state index in [0.717, 1.165) is 24.2 Å². The van der Waals surface area contributed by atoms with Crippen molar-refractivity contribution in [2.24, 2.45) is 0 Å². The van der Waals surface area contributed by atoms with Gasteiger partial charge in [-0.3, -0.25) is 0 Å². The molecule has 0 aliphatic carbocycles. The molecule has 1 rings (SSSR count). The second kappa shape index (κ2) is 5.35. The van der Waals surface area contributed by atoms with Gasteiger partial charge in [0, 0.05) is 24.6 Å². The highest BCUT2D eigenvalue weighted by Gasteiger charge is 2.06. The molecule has 0 fully saturated rings. The molecule has 1 aromatic rings. The molecule has 0 saturated carbocycles. The van der Waals surface area contributed by atoms with Gasteiger partial charge < -0.3 is 4.90 Å². The molecule has 0 aliphatic rings. The topological polar surface area (TPSA) is 3.24 Å². The summed E-state index contributed by atoms with van der Waals surface area (Å²) in [6.45, 7) is 3.12. The third kappa shape index (κ3) is 2.71. The van der Waals surface area contributed by atoms with Crippen LogP contribution in [-0.2, 0) is 5.33 Å². The van der Waals surface area contributed by atoms with E-state index in [0.29, 0.717) is 5.33 Å². The van der Waals surface area contributed by atoms with Gasteiger partial charge >= 0.3 is 0 Å². The number of alkyl halides is 1. The van der Waals surface area contributed by atoms with Crippen LogP contribution in [-0.4, -0.2) is 13.6 Å². The molecule has 0 N–H and O–H groups in total. The van der Waals surface area contributed by atoms with Gasteiger partial charge in [-0.2, -0.15) is 0 Å². The summed E-state index contributed by atoms with van der Waals surface area (Å²) in [5.74, 6) is -0.173. The Morgan fingerprint density at radius 2 is 2.14 bits per heavy atom. The standard InChI is InChI=1S/C11H15BrFN/c1-3-6-14(2)11-5-4-10(13)7-9(11)8-12/h4-5,7H,3,6,8H2,1-2H3. The van der Waals surface area contributed by atoms with E-state index in [-0.39, 0.29) is 5.82 Å². The summed E-state index contributed by atoms with van der Waals surface area (Å²) in [5.41, 5.74) is 2.10. The van der Waals surface area contributed by atoms with Crippen molar-refractivity contribution in [3.8, 4) is 0 Å². The zero-order chi connectivity index (χ0) is 10.6. The lowest BCUT2D eigenvalue weighted by Crippen LogP contribution is -2.19. The minimum atomic E-state index is -0.173. The molecule has 0 bridgehead atoms. The summed E-state index contributed by atoms with van der Waals surface area (Å²) in [4.78, 5) is 2.15. The zero-order valence-electron chi connectivity index (χ0n) is 8.56. The maximum Gasteiger partial charge on any atom is 0.123 e. The minimum Gasteiger partial charge on any atom is -0.374 e. The third-order valence-corrected chi connectivity index (χ3v) is 2.76. The van der Waals surface area contributed by atoms with Crippen molar-refractivity contribution in [3.63, 3.8) is 0 Å². The molecule has 1 aromatic carbocycles. The van der Waals surface area contributed by atoms with Crippen LogP contribution in [0.5, 0.6) is 0 Å². The Morgan fingerprint density at radius 1 is 1.43 bits per heavy atom. The van der Waals surface area contributed by atoms with Gasteiger partial charge in [-0.1, -0.05) is 22.9 Å². The molecule has 0 amide bonds. The van der Waals surface area contributed by atoms with Crippen LogP contribution in [0.3, 0.4) is 0 Å². The van der Waals surface area contributed by atoms with Crippen molar-refractivity contribution in [1.29, 1.82) is 0 Å². The fourth-order valence-electron chi connectivity index (χ4n) is 1.49. The lowest BCUT2D eigenvalue weighted by molar-refractivity contribution is 0.626. The van der Waals surface area contributed by atoms with Crippen molar-refractivity contribution >= 4 is 21.6 Å². The lowest BCUT2D eigenvalue weighted by atomic mass is 10.2. The van der Waals surface area contributed by atoms with Crippen LogP contribution < -0.4 is 4.90 Å². The molecular formula is C11H15BrFN. The first-order valence-electron chi connectivity index (χ1n) is 4.74. The highest BCUT2D eigenvalue weighted by Crippen LogP contribution is 2.22. The highest BCUT2D eigenvalue weighted by molar-refractivity contribution is 9.08. The molecule has 0 unspecified atom stereocenters. The number of hydrogen-bond donors (Lipinski definition) is 0. The van der Waals surface area contributed by atoms with Crippen LogP contribution >= 0.6 is 15.9 Å². The first kappa shape index (κ1) is 11.5. The average Bonchev–Trinajstić information content (AvgIpc) is 2.17. The molecule has 0 aromatic heterocycles. The van der Waals surface area contributed by atoms with Gasteiger partial charge in [-0.15, -0.1) is 0 Å². The smallest absolute Gasteiger partial charge is 0.123 e. The molecule has 78 valence electrons. The van der Waals surface area contributed by atoms with Crippen molar-refractivity contribution in [2.75, 3.05) is 18.5 Å². The third-order valence-electron chi connectivity index (χ3n) is 2.16. The van der Waals surface area contributed by atoms with E-state index in [1.807, 2.05) is 13.1 Å². The van der Waals surface area contributed by atoms with E-state index < -0.39 is 0 Å². The van der Waals surface area contributed by atoms with Gasteiger partial charge in [0.15, 0.2) is 0 Å². The molecular weight excluding hydrogens is 245 g/mol. The predicted octanol–water partition coefficient (Wildman–Crippen LogP) is 3.57. The van der Waals surface area contributed by atoms with Gasteiger partial charge in [0.05, 0.1) is 0 Å². The molecule has 0 atom stereocenters. The fourth-order valence-corrected chi connectivity index (χ4v) is 1.94. The van der Waals surface area contributed by atoms with Crippen LogP contribution in [0, 0.1) is 5.82 Å². The van der Waals surface area contributed by atoms with Crippen LogP contribution in [0.4, 0.5) is 10.1 Å². The van der Waals surface area contributed by atoms with Crippen molar-refractivity contribution < 1.29 is 4.39 Å². The van der Waals surface area contributed by atoms with Crippen LogP contribution in [0.1, 0.15) is 18.9 Å².